The van der Waals surface area contributed by atoms with Gasteiger partial charge >= 0.3 is 0 Å². The number of benzene rings is 1. The fraction of sp³-hybridized carbons (Fsp3) is 0.250. The summed E-state index contributed by atoms with van der Waals surface area (Å²) in [5.74, 6) is 0.444. The van der Waals surface area contributed by atoms with Crippen LogP contribution in [0.4, 0.5) is 11.4 Å². The van der Waals surface area contributed by atoms with Crippen LogP contribution in [-0.2, 0) is 0 Å². The van der Waals surface area contributed by atoms with Gasteiger partial charge in [-0.15, -0.1) is 49.6 Å². The van der Waals surface area contributed by atoms with Gasteiger partial charge in [0.25, 0.3) is 0 Å². The van der Waals surface area contributed by atoms with Crippen LogP contribution in [0.5, 0.6) is 5.75 Å². The minimum atomic E-state index is -0.865. The molecule has 0 aliphatic rings. The van der Waals surface area contributed by atoms with E-state index in [-0.39, 0.29) is 49.6 Å². The van der Waals surface area contributed by atoms with Crippen LogP contribution in [0.15, 0.2) is 18.2 Å². The molecule has 16 heavy (non-hydrogen) atoms. The van der Waals surface area contributed by atoms with Crippen molar-refractivity contribution in [2.24, 2.45) is 0 Å². The van der Waals surface area contributed by atoms with E-state index in [9.17, 15) is 0 Å². The fourth-order valence-electron chi connectivity index (χ4n) is 0.858. The molecular formula is C8H16Cl4N2O2. The SMILES string of the molecule is CC(O)Oc1ccc(N)cc1N.Cl.Cl.Cl.Cl. The van der Waals surface area contributed by atoms with Crippen molar-refractivity contribution in [3.05, 3.63) is 18.2 Å². The minimum absolute atomic E-state index is 0. The average molecular weight is 314 g/mol. The van der Waals surface area contributed by atoms with Gasteiger partial charge in [-0.1, -0.05) is 0 Å². The number of rotatable bonds is 2. The zero-order valence-corrected chi connectivity index (χ0v) is 11.7. The predicted octanol–water partition coefficient (Wildman–Crippen LogP) is 2.26. The van der Waals surface area contributed by atoms with Crippen LogP contribution < -0.4 is 16.2 Å². The van der Waals surface area contributed by atoms with Crippen LogP contribution in [0.1, 0.15) is 6.92 Å². The number of aliphatic hydroxyl groups excluding tert-OH is 1. The van der Waals surface area contributed by atoms with Crippen molar-refractivity contribution in [2.45, 2.75) is 13.2 Å². The molecule has 0 aromatic heterocycles. The lowest BCUT2D eigenvalue weighted by Gasteiger charge is -2.10. The van der Waals surface area contributed by atoms with E-state index in [4.69, 9.17) is 21.3 Å². The number of aliphatic hydroxyl groups is 1. The third-order valence-corrected chi connectivity index (χ3v) is 1.33. The molecule has 1 aromatic rings. The maximum Gasteiger partial charge on any atom is 0.194 e. The number of ether oxygens (including phenoxy) is 1. The molecule has 0 amide bonds. The Kier molecular flexibility index (Phi) is 17.4. The van der Waals surface area contributed by atoms with E-state index in [1.165, 1.54) is 6.92 Å². The van der Waals surface area contributed by atoms with Gasteiger partial charge in [-0.05, 0) is 25.1 Å². The highest BCUT2D eigenvalue weighted by Gasteiger charge is 2.02. The van der Waals surface area contributed by atoms with Gasteiger partial charge in [0.15, 0.2) is 6.29 Å². The summed E-state index contributed by atoms with van der Waals surface area (Å²) in [6.07, 6.45) is -0.865. The van der Waals surface area contributed by atoms with Crippen LogP contribution >= 0.6 is 49.6 Å². The van der Waals surface area contributed by atoms with Gasteiger partial charge in [0.05, 0.1) is 5.69 Å². The average Bonchev–Trinajstić information content (AvgIpc) is 1.94. The third kappa shape index (κ3) is 7.96. The molecule has 0 aliphatic carbocycles. The van der Waals surface area contributed by atoms with Crippen LogP contribution in [0, 0.1) is 0 Å². The van der Waals surface area contributed by atoms with Crippen molar-refractivity contribution < 1.29 is 9.84 Å². The van der Waals surface area contributed by atoms with Crippen molar-refractivity contribution >= 4 is 61.0 Å². The monoisotopic (exact) mass is 312 g/mol. The standard InChI is InChI=1S/C8H12N2O2.4ClH/c1-5(11)12-8-3-2-6(9)4-7(8)10;;;;/h2-5,11H,9-10H2,1H3;4*1H. The first-order valence-corrected chi connectivity index (χ1v) is 3.59. The second kappa shape index (κ2) is 11.2. The summed E-state index contributed by atoms with van der Waals surface area (Å²) in [4.78, 5) is 0. The lowest BCUT2D eigenvalue weighted by molar-refractivity contribution is 0.000283. The summed E-state index contributed by atoms with van der Waals surface area (Å²) in [6, 6.07) is 4.86. The molecular weight excluding hydrogens is 298 g/mol. The van der Waals surface area contributed by atoms with Gasteiger partial charge in [0, 0.05) is 5.69 Å². The highest BCUT2D eigenvalue weighted by molar-refractivity contribution is 5.86. The Labute approximate surface area is 119 Å². The Morgan fingerprint density at radius 3 is 2.00 bits per heavy atom. The molecule has 0 aliphatic heterocycles. The van der Waals surface area contributed by atoms with Crippen LogP contribution in [0.2, 0.25) is 0 Å². The van der Waals surface area contributed by atoms with E-state index >= 15 is 0 Å². The number of hydrogen-bond donors (Lipinski definition) is 3. The zero-order chi connectivity index (χ0) is 9.14. The molecule has 98 valence electrons. The Hall–Kier alpha value is -0.260. The number of anilines is 2. The largest absolute Gasteiger partial charge is 0.463 e. The van der Waals surface area contributed by atoms with Crippen LogP contribution in [-0.4, -0.2) is 11.4 Å². The lowest BCUT2D eigenvalue weighted by Crippen LogP contribution is -2.10. The molecule has 4 nitrogen and oxygen atoms in total. The quantitative estimate of drug-likeness (QED) is 0.578. The van der Waals surface area contributed by atoms with Gasteiger partial charge in [-0.3, -0.25) is 0 Å². The molecule has 5 N–H and O–H groups in total. The molecule has 0 bridgehead atoms. The molecule has 0 saturated carbocycles. The molecule has 0 heterocycles. The Bertz CT molecular complexity index is 287. The first-order valence-electron chi connectivity index (χ1n) is 3.59. The summed E-state index contributed by atoms with van der Waals surface area (Å²) in [5.41, 5.74) is 12.0. The van der Waals surface area contributed by atoms with E-state index in [0.29, 0.717) is 17.1 Å². The number of nitrogens with two attached hydrogens (primary N) is 2. The molecule has 0 fully saturated rings. The van der Waals surface area contributed by atoms with Crippen molar-refractivity contribution in [3.63, 3.8) is 0 Å². The molecule has 1 aromatic carbocycles. The van der Waals surface area contributed by atoms with Crippen molar-refractivity contribution in [3.8, 4) is 5.75 Å². The van der Waals surface area contributed by atoms with Crippen molar-refractivity contribution in [2.75, 3.05) is 11.5 Å². The number of hydrogen-bond acceptors (Lipinski definition) is 4. The van der Waals surface area contributed by atoms with Crippen molar-refractivity contribution in [1.29, 1.82) is 0 Å². The Morgan fingerprint density at radius 1 is 1.12 bits per heavy atom. The first kappa shape index (κ1) is 24.8. The first-order chi connectivity index (χ1) is 5.59. The van der Waals surface area contributed by atoms with Crippen LogP contribution in [0.25, 0.3) is 0 Å². The van der Waals surface area contributed by atoms with E-state index in [0.717, 1.165) is 0 Å². The topological polar surface area (TPSA) is 81.5 Å². The van der Waals surface area contributed by atoms with Gasteiger partial charge in [0.1, 0.15) is 5.75 Å². The second-order valence-electron chi connectivity index (χ2n) is 2.51. The van der Waals surface area contributed by atoms with E-state index in [2.05, 4.69) is 0 Å². The van der Waals surface area contributed by atoms with Crippen LogP contribution in [0.3, 0.4) is 0 Å². The molecule has 0 spiro atoms. The smallest absolute Gasteiger partial charge is 0.194 e. The minimum Gasteiger partial charge on any atom is -0.463 e. The fourth-order valence-corrected chi connectivity index (χ4v) is 0.858. The third-order valence-electron chi connectivity index (χ3n) is 1.33. The van der Waals surface area contributed by atoms with E-state index in [1.807, 2.05) is 0 Å². The highest BCUT2D eigenvalue weighted by atomic mass is 35.5. The Morgan fingerprint density at radius 2 is 1.62 bits per heavy atom. The van der Waals surface area contributed by atoms with Gasteiger partial charge in [-0.25, -0.2) is 0 Å². The molecule has 0 radical (unpaired) electrons. The summed E-state index contributed by atoms with van der Waals surface area (Å²) in [5, 5.41) is 8.89. The normalized spacial score (nSPS) is 9.38. The molecule has 8 heteroatoms. The zero-order valence-electron chi connectivity index (χ0n) is 8.45. The number of halogens is 4. The molecule has 0 saturated heterocycles. The maximum absolute atomic E-state index is 8.89. The summed E-state index contributed by atoms with van der Waals surface area (Å²) in [6.45, 7) is 1.51. The summed E-state index contributed by atoms with van der Waals surface area (Å²) < 4.78 is 4.97. The molecule has 1 unspecified atom stereocenters. The van der Waals surface area contributed by atoms with E-state index < -0.39 is 6.29 Å². The Balaban J connectivity index is -0.000000180. The van der Waals surface area contributed by atoms with Crippen molar-refractivity contribution in [1.82, 2.24) is 0 Å². The predicted molar refractivity (Wildman–Crippen MR) is 76.6 cm³/mol. The number of nitrogen functional groups attached to an aromatic ring is 2. The molecule has 1 rings (SSSR count). The summed E-state index contributed by atoms with van der Waals surface area (Å²) in [7, 11) is 0. The van der Waals surface area contributed by atoms with Gasteiger partial charge in [-0.2, -0.15) is 0 Å². The second-order valence-corrected chi connectivity index (χ2v) is 2.51. The lowest BCUT2D eigenvalue weighted by atomic mass is 10.2. The molecule has 1 atom stereocenters. The highest BCUT2D eigenvalue weighted by Crippen LogP contribution is 2.23. The van der Waals surface area contributed by atoms with Gasteiger partial charge < -0.3 is 21.3 Å². The van der Waals surface area contributed by atoms with Gasteiger partial charge in [0.2, 0.25) is 0 Å². The maximum atomic E-state index is 8.89. The van der Waals surface area contributed by atoms with E-state index in [1.54, 1.807) is 18.2 Å². The summed E-state index contributed by atoms with van der Waals surface area (Å²) >= 11 is 0.